The van der Waals surface area contributed by atoms with Crippen molar-refractivity contribution in [3.05, 3.63) is 0 Å². The second-order valence-corrected chi connectivity index (χ2v) is 5.48. The summed E-state index contributed by atoms with van der Waals surface area (Å²) in [5.41, 5.74) is -5.77. The molecular formula is C8H6Cl2F8O. The Kier molecular flexibility index (Phi) is 3.40. The molecule has 0 N–H and O–H groups in total. The average Bonchev–Trinajstić information content (AvgIpc) is 2.20. The molecule has 0 aromatic carbocycles. The SMILES string of the molecule is CC(F)(F)C1(F)OC(Cl)(Cl)C(F)(F)C1(F)C(C)(F)F. The van der Waals surface area contributed by atoms with Crippen molar-refractivity contribution < 1.29 is 39.9 Å². The predicted molar refractivity (Wildman–Crippen MR) is 49.4 cm³/mol. The largest absolute Gasteiger partial charge is 0.350 e. The van der Waals surface area contributed by atoms with Crippen LogP contribution in [0.5, 0.6) is 0 Å². The Hall–Kier alpha value is -0.0200. The number of hydrogen-bond donors (Lipinski definition) is 0. The van der Waals surface area contributed by atoms with Crippen molar-refractivity contribution in [2.24, 2.45) is 0 Å². The zero-order valence-corrected chi connectivity index (χ0v) is 10.7. The molecule has 1 nitrogen and oxygen atoms in total. The van der Waals surface area contributed by atoms with Crippen LogP contribution in [0.15, 0.2) is 0 Å². The second-order valence-electron chi connectivity index (χ2n) is 4.22. The molecule has 2 unspecified atom stereocenters. The Morgan fingerprint density at radius 3 is 1.42 bits per heavy atom. The maximum absolute atomic E-state index is 14.0. The lowest BCUT2D eigenvalue weighted by atomic mass is 9.83. The highest BCUT2D eigenvalue weighted by atomic mass is 35.5. The Balaban J connectivity index is 3.69. The van der Waals surface area contributed by atoms with Crippen LogP contribution >= 0.6 is 23.2 Å². The van der Waals surface area contributed by atoms with E-state index in [1.807, 2.05) is 0 Å². The third-order valence-electron chi connectivity index (χ3n) is 2.68. The van der Waals surface area contributed by atoms with Crippen molar-refractivity contribution >= 4 is 23.2 Å². The molecular weight excluding hydrogens is 335 g/mol. The first kappa shape index (κ1) is 17.0. The van der Waals surface area contributed by atoms with Crippen molar-refractivity contribution in [1.29, 1.82) is 0 Å². The lowest BCUT2D eigenvalue weighted by Crippen LogP contribution is -2.69. The summed E-state index contributed by atoms with van der Waals surface area (Å²) < 4.78 is 106. The summed E-state index contributed by atoms with van der Waals surface area (Å²) in [6.45, 7) is -0.933. The van der Waals surface area contributed by atoms with Crippen molar-refractivity contribution in [2.75, 3.05) is 0 Å². The van der Waals surface area contributed by atoms with E-state index >= 15 is 0 Å². The fourth-order valence-electron chi connectivity index (χ4n) is 1.66. The molecule has 1 aliphatic heterocycles. The van der Waals surface area contributed by atoms with E-state index in [2.05, 4.69) is 27.9 Å². The quantitative estimate of drug-likeness (QED) is 0.532. The monoisotopic (exact) mass is 340 g/mol. The molecule has 2 atom stereocenters. The van der Waals surface area contributed by atoms with E-state index in [1.165, 1.54) is 0 Å². The molecule has 1 aliphatic rings. The summed E-state index contributed by atoms with van der Waals surface area (Å²) in [4.78, 5) is 0. The average molecular weight is 341 g/mol. The van der Waals surface area contributed by atoms with Gasteiger partial charge >= 0.3 is 23.4 Å². The number of hydrogen-bond acceptors (Lipinski definition) is 1. The van der Waals surface area contributed by atoms with Crippen molar-refractivity contribution in [2.45, 2.75) is 47.7 Å². The van der Waals surface area contributed by atoms with E-state index in [4.69, 9.17) is 0 Å². The van der Waals surface area contributed by atoms with Gasteiger partial charge < -0.3 is 0 Å². The normalized spacial score (nSPS) is 38.5. The number of rotatable bonds is 2. The van der Waals surface area contributed by atoms with Gasteiger partial charge in [0.1, 0.15) is 0 Å². The molecule has 1 saturated heterocycles. The number of ether oxygens (including phenoxy) is 1. The summed E-state index contributed by atoms with van der Waals surface area (Å²) in [5.74, 6) is -21.4. The Morgan fingerprint density at radius 2 is 1.21 bits per heavy atom. The van der Waals surface area contributed by atoms with Crippen LogP contribution in [0.1, 0.15) is 13.8 Å². The van der Waals surface area contributed by atoms with Gasteiger partial charge in [0.05, 0.1) is 0 Å². The van der Waals surface area contributed by atoms with Crippen LogP contribution in [0.4, 0.5) is 35.1 Å². The first-order valence-corrected chi connectivity index (χ1v) is 5.30. The van der Waals surface area contributed by atoms with Gasteiger partial charge in [0, 0.05) is 13.8 Å². The van der Waals surface area contributed by atoms with E-state index in [-0.39, 0.29) is 0 Å². The highest BCUT2D eigenvalue weighted by Crippen LogP contribution is 2.69. The van der Waals surface area contributed by atoms with Crippen molar-refractivity contribution in [3.63, 3.8) is 0 Å². The highest BCUT2D eigenvalue weighted by Gasteiger charge is 2.95. The van der Waals surface area contributed by atoms with E-state index in [9.17, 15) is 35.1 Å². The highest BCUT2D eigenvalue weighted by molar-refractivity contribution is 6.48. The fraction of sp³-hybridized carbons (Fsp3) is 1.00. The molecule has 11 heteroatoms. The number of halogens is 10. The molecule has 0 aromatic rings. The van der Waals surface area contributed by atoms with Crippen molar-refractivity contribution in [1.82, 2.24) is 0 Å². The third-order valence-corrected chi connectivity index (χ3v) is 3.31. The van der Waals surface area contributed by atoms with Crippen LogP contribution in [0.2, 0.25) is 0 Å². The van der Waals surface area contributed by atoms with Gasteiger partial charge in [0.2, 0.25) is 0 Å². The fourth-order valence-corrected chi connectivity index (χ4v) is 2.14. The molecule has 19 heavy (non-hydrogen) atoms. The predicted octanol–water partition coefficient (Wildman–Crippen LogP) is 4.47. The molecule has 1 fully saturated rings. The smallest absolute Gasteiger partial charge is 0.296 e. The van der Waals surface area contributed by atoms with Crippen LogP contribution in [-0.4, -0.2) is 33.8 Å². The topological polar surface area (TPSA) is 9.23 Å². The van der Waals surface area contributed by atoms with Crippen molar-refractivity contribution in [3.8, 4) is 0 Å². The molecule has 0 amide bonds. The maximum atomic E-state index is 14.0. The lowest BCUT2D eigenvalue weighted by molar-refractivity contribution is -0.347. The minimum Gasteiger partial charge on any atom is -0.296 e. The standard InChI is InChI=1S/C8H6Cl2F8O/c1-3(11,12)5(15)6(16,17)8(9,10)19-7(5,18)4(2,13)14/h1-2H3. The number of alkyl halides is 10. The Bertz CT molecular complexity index is 389. The molecule has 0 aromatic heterocycles. The zero-order valence-electron chi connectivity index (χ0n) is 9.19. The first-order valence-electron chi connectivity index (χ1n) is 4.55. The van der Waals surface area contributed by atoms with Gasteiger partial charge in [0.25, 0.3) is 10.4 Å². The van der Waals surface area contributed by atoms with Gasteiger partial charge in [-0.15, -0.1) is 0 Å². The van der Waals surface area contributed by atoms with Crippen LogP contribution in [0.25, 0.3) is 0 Å². The Labute approximate surface area is 111 Å². The van der Waals surface area contributed by atoms with Gasteiger partial charge in [-0.25, -0.2) is 26.3 Å². The maximum Gasteiger partial charge on any atom is 0.350 e. The van der Waals surface area contributed by atoms with Crippen LogP contribution in [0, 0.1) is 0 Å². The molecule has 0 saturated carbocycles. The minimum absolute atomic E-state index is 0.418. The summed E-state index contributed by atoms with van der Waals surface area (Å²) in [6.07, 6.45) is 0. The van der Waals surface area contributed by atoms with Gasteiger partial charge in [-0.05, 0) is 0 Å². The van der Waals surface area contributed by atoms with Gasteiger partial charge in [-0.2, -0.15) is 8.78 Å². The zero-order chi connectivity index (χ0) is 15.7. The molecule has 1 rings (SSSR count). The van der Waals surface area contributed by atoms with Crippen LogP contribution < -0.4 is 0 Å². The molecule has 0 spiro atoms. The van der Waals surface area contributed by atoms with E-state index in [1.54, 1.807) is 0 Å². The third kappa shape index (κ3) is 1.77. The minimum atomic E-state index is -5.77. The van der Waals surface area contributed by atoms with Gasteiger partial charge in [0.15, 0.2) is 0 Å². The molecule has 1 heterocycles. The summed E-state index contributed by atoms with van der Waals surface area (Å²) in [6, 6.07) is 0. The Morgan fingerprint density at radius 1 is 0.842 bits per heavy atom. The van der Waals surface area contributed by atoms with E-state index in [0.29, 0.717) is 0 Å². The van der Waals surface area contributed by atoms with Gasteiger partial charge in [-0.1, -0.05) is 23.2 Å². The molecule has 0 bridgehead atoms. The van der Waals surface area contributed by atoms with E-state index in [0.717, 1.165) is 0 Å². The molecule has 114 valence electrons. The summed E-state index contributed by atoms with van der Waals surface area (Å²) >= 11 is 9.37. The first-order chi connectivity index (χ1) is 7.96. The molecule has 0 radical (unpaired) electrons. The molecule has 0 aliphatic carbocycles. The summed E-state index contributed by atoms with van der Waals surface area (Å²) in [5, 5.41) is 0. The lowest BCUT2D eigenvalue weighted by Gasteiger charge is -2.39. The second kappa shape index (κ2) is 3.79. The van der Waals surface area contributed by atoms with E-state index < -0.39 is 47.7 Å². The van der Waals surface area contributed by atoms with Gasteiger partial charge in [-0.3, -0.25) is 4.74 Å². The van der Waals surface area contributed by atoms with Crippen LogP contribution in [-0.2, 0) is 4.74 Å². The summed E-state index contributed by atoms with van der Waals surface area (Å²) in [7, 11) is 0. The van der Waals surface area contributed by atoms with Crippen LogP contribution in [0.3, 0.4) is 0 Å².